The highest BCUT2D eigenvalue weighted by atomic mass is 32.1. The second-order valence-electron chi connectivity index (χ2n) is 7.35. The summed E-state index contributed by atoms with van der Waals surface area (Å²) < 4.78 is 5.46. The topological polar surface area (TPSA) is 27.7 Å². The second-order valence-corrected chi connectivity index (χ2v) is 7.74. The zero-order valence-corrected chi connectivity index (χ0v) is 16.6. The fraction of sp³-hybridized carbons (Fsp3) is 0.571. The van der Waals surface area contributed by atoms with Crippen molar-refractivity contribution in [1.82, 2.24) is 9.80 Å². The number of nitrogens with zero attached hydrogens (tertiary/aromatic N) is 2. The molecule has 1 aliphatic carbocycles. The van der Waals surface area contributed by atoms with E-state index in [2.05, 4.69) is 58.5 Å². The molecular weight excluding hydrogens is 342 g/mol. The second kappa shape index (κ2) is 10.0. The van der Waals surface area contributed by atoms with Crippen LogP contribution in [-0.4, -0.2) is 60.8 Å². The van der Waals surface area contributed by atoms with Crippen molar-refractivity contribution in [3.05, 3.63) is 42.0 Å². The molecule has 1 aromatic rings. The van der Waals surface area contributed by atoms with Crippen LogP contribution < -0.4 is 5.32 Å². The van der Waals surface area contributed by atoms with Crippen LogP contribution in [0.1, 0.15) is 24.8 Å². The number of morpholine rings is 1. The van der Waals surface area contributed by atoms with Gasteiger partial charge in [0.05, 0.1) is 13.2 Å². The van der Waals surface area contributed by atoms with Crippen molar-refractivity contribution in [3.8, 4) is 0 Å². The third-order valence-electron chi connectivity index (χ3n) is 5.20. The Morgan fingerprint density at radius 1 is 1.31 bits per heavy atom. The Labute approximate surface area is 163 Å². The van der Waals surface area contributed by atoms with Gasteiger partial charge in [0.2, 0.25) is 0 Å². The summed E-state index contributed by atoms with van der Waals surface area (Å²) in [5, 5.41) is 4.30. The van der Waals surface area contributed by atoms with E-state index in [0.29, 0.717) is 5.92 Å². The number of rotatable bonds is 6. The molecule has 1 N–H and O–H groups in total. The van der Waals surface area contributed by atoms with E-state index in [1.54, 1.807) is 0 Å². The number of aryl methyl sites for hydroxylation is 1. The summed E-state index contributed by atoms with van der Waals surface area (Å²) in [5.74, 6) is 0.696. The van der Waals surface area contributed by atoms with Crippen molar-refractivity contribution in [3.63, 3.8) is 0 Å². The highest BCUT2D eigenvalue weighted by Crippen LogP contribution is 2.20. The average molecular weight is 374 g/mol. The first-order valence-electron chi connectivity index (χ1n) is 9.78. The van der Waals surface area contributed by atoms with Crippen molar-refractivity contribution in [2.45, 2.75) is 26.2 Å². The monoisotopic (exact) mass is 373 g/mol. The van der Waals surface area contributed by atoms with Gasteiger partial charge < -0.3 is 15.0 Å². The first-order valence-corrected chi connectivity index (χ1v) is 10.2. The molecule has 2 aliphatic rings. The summed E-state index contributed by atoms with van der Waals surface area (Å²) in [5.41, 5.74) is 2.32. The van der Waals surface area contributed by atoms with Gasteiger partial charge in [0, 0.05) is 38.4 Å². The van der Waals surface area contributed by atoms with Crippen LogP contribution in [0.25, 0.3) is 0 Å². The SMILES string of the molecule is Cc1cccc(NC(=S)N(CCN2CCOCC2)CC2CC=CCC2)c1. The molecule has 26 heavy (non-hydrogen) atoms. The van der Waals surface area contributed by atoms with Crippen LogP contribution in [0.5, 0.6) is 0 Å². The van der Waals surface area contributed by atoms with Gasteiger partial charge in [0.15, 0.2) is 5.11 Å². The highest BCUT2D eigenvalue weighted by Gasteiger charge is 2.19. The van der Waals surface area contributed by atoms with E-state index in [4.69, 9.17) is 17.0 Å². The summed E-state index contributed by atoms with van der Waals surface area (Å²) in [6.07, 6.45) is 8.25. The van der Waals surface area contributed by atoms with Crippen LogP contribution in [0.4, 0.5) is 5.69 Å². The fourth-order valence-electron chi connectivity index (χ4n) is 3.62. The zero-order valence-electron chi connectivity index (χ0n) is 15.8. The van der Waals surface area contributed by atoms with Crippen molar-refractivity contribution in [2.24, 2.45) is 5.92 Å². The maximum absolute atomic E-state index is 5.79. The smallest absolute Gasteiger partial charge is 0.173 e. The molecule has 142 valence electrons. The molecule has 1 unspecified atom stereocenters. The molecule has 0 amide bonds. The molecule has 1 atom stereocenters. The number of ether oxygens (including phenoxy) is 1. The van der Waals surface area contributed by atoms with Gasteiger partial charge in [0.1, 0.15) is 0 Å². The Kier molecular flexibility index (Phi) is 7.47. The maximum Gasteiger partial charge on any atom is 0.173 e. The summed E-state index contributed by atoms with van der Waals surface area (Å²) in [6.45, 7) is 8.90. The van der Waals surface area contributed by atoms with E-state index in [1.165, 1.54) is 24.8 Å². The summed E-state index contributed by atoms with van der Waals surface area (Å²) >= 11 is 5.79. The quantitative estimate of drug-likeness (QED) is 0.606. The molecule has 1 heterocycles. The molecule has 5 heteroatoms. The van der Waals surface area contributed by atoms with Crippen molar-refractivity contribution in [1.29, 1.82) is 0 Å². The van der Waals surface area contributed by atoms with Crippen molar-refractivity contribution >= 4 is 23.0 Å². The third kappa shape index (κ3) is 6.08. The number of hydrogen-bond donors (Lipinski definition) is 1. The third-order valence-corrected chi connectivity index (χ3v) is 5.56. The maximum atomic E-state index is 5.79. The van der Waals surface area contributed by atoms with Crippen molar-refractivity contribution < 1.29 is 4.74 Å². The summed E-state index contributed by atoms with van der Waals surface area (Å²) in [6, 6.07) is 8.42. The number of anilines is 1. The first kappa shape index (κ1) is 19.3. The molecule has 0 spiro atoms. The molecular formula is C21H31N3OS. The number of thiocarbonyl (C=S) groups is 1. The lowest BCUT2D eigenvalue weighted by Crippen LogP contribution is -2.45. The van der Waals surface area contributed by atoms with Crippen LogP contribution in [0.2, 0.25) is 0 Å². The average Bonchev–Trinajstić information content (AvgIpc) is 2.66. The zero-order chi connectivity index (χ0) is 18.2. The standard InChI is InChI=1S/C21H31N3OS/c1-18-6-5-9-20(16-18)22-21(26)24(17-19-7-3-2-4-8-19)11-10-23-12-14-25-15-13-23/h2-3,5-6,9,16,19H,4,7-8,10-15,17H2,1H3,(H,22,26). The number of benzene rings is 1. The molecule has 1 aromatic carbocycles. The van der Waals surface area contributed by atoms with Gasteiger partial charge in [-0.1, -0.05) is 24.3 Å². The molecule has 0 aromatic heterocycles. The van der Waals surface area contributed by atoms with Gasteiger partial charge in [-0.3, -0.25) is 4.90 Å². The summed E-state index contributed by atoms with van der Waals surface area (Å²) in [7, 11) is 0. The largest absolute Gasteiger partial charge is 0.379 e. The molecule has 3 rings (SSSR count). The summed E-state index contributed by atoms with van der Waals surface area (Å²) in [4.78, 5) is 4.85. The lowest BCUT2D eigenvalue weighted by atomic mass is 9.94. The molecule has 0 bridgehead atoms. The van der Waals surface area contributed by atoms with Crippen LogP contribution >= 0.6 is 12.2 Å². The van der Waals surface area contributed by atoms with Gasteiger partial charge >= 0.3 is 0 Å². The van der Waals surface area contributed by atoms with Crippen LogP contribution in [0, 0.1) is 12.8 Å². The number of allylic oxidation sites excluding steroid dienone is 2. The molecule has 1 saturated heterocycles. The Morgan fingerprint density at radius 3 is 2.88 bits per heavy atom. The van der Waals surface area contributed by atoms with E-state index in [9.17, 15) is 0 Å². The minimum absolute atomic E-state index is 0.696. The van der Waals surface area contributed by atoms with Crippen LogP contribution in [-0.2, 0) is 4.74 Å². The minimum atomic E-state index is 0.696. The van der Waals surface area contributed by atoms with Crippen LogP contribution in [0.15, 0.2) is 36.4 Å². The molecule has 0 saturated carbocycles. The van der Waals surface area contributed by atoms with Crippen LogP contribution in [0.3, 0.4) is 0 Å². The Balaban J connectivity index is 1.60. The van der Waals surface area contributed by atoms with E-state index < -0.39 is 0 Å². The normalized spacial score (nSPS) is 20.7. The van der Waals surface area contributed by atoms with Crippen molar-refractivity contribution in [2.75, 3.05) is 51.3 Å². The van der Waals surface area contributed by atoms with Gasteiger partial charge in [-0.25, -0.2) is 0 Å². The molecule has 0 radical (unpaired) electrons. The fourth-order valence-corrected chi connectivity index (χ4v) is 3.91. The van der Waals surface area contributed by atoms with Gasteiger partial charge in [-0.05, 0) is 62.0 Å². The van der Waals surface area contributed by atoms with E-state index in [0.717, 1.165) is 56.7 Å². The Morgan fingerprint density at radius 2 is 2.15 bits per heavy atom. The number of nitrogens with one attached hydrogen (secondary N) is 1. The van der Waals surface area contributed by atoms with E-state index in [-0.39, 0.29) is 0 Å². The lowest BCUT2D eigenvalue weighted by molar-refractivity contribution is 0.0356. The predicted octanol–water partition coefficient (Wildman–Crippen LogP) is 3.68. The number of hydrogen-bond acceptors (Lipinski definition) is 3. The lowest BCUT2D eigenvalue weighted by Gasteiger charge is -2.34. The molecule has 1 fully saturated rings. The Bertz CT molecular complexity index is 613. The van der Waals surface area contributed by atoms with E-state index in [1.807, 2.05) is 0 Å². The van der Waals surface area contributed by atoms with Gasteiger partial charge in [-0.15, -0.1) is 0 Å². The Hall–Kier alpha value is -1.43. The highest BCUT2D eigenvalue weighted by molar-refractivity contribution is 7.80. The van der Waals surface area contributed by atoms with Gasteiger partial charge in [0.25, 0.3) is 0 Å². The molecule has 4 nitrogen and oxygen atoms in total. The predicted molar refractivity (Wildman–Crippen MR) is 113 cm³/mol. The minimum Gasteiger partial charge on any atom is -0.379 e. The van der Waals surface area contributed by atoms with Gasteiger partial charge in [-0.2, -0.15) is 0 Å². The first-order chi connectivity index (χ1) is 12.7. The molecule has 1 aliphatic heterocycles. The van der Waals surface area contributed by atoms with E-state index >= 15 is 0 Å².